The van der Waals surface area contributed by atoms with Crippen molar-refractivity contribution in [2.24, 2.45) is 17.8 Å². The number of hydrogen-bond donors (Lipinski definition) is 1. The van der Waals surface area contributed by atoms with Gasteiger partial charge in [-0.1, -0.05) is 36.8 Å². The molecule has 3 rings (SSSR count). The molecular weight excluding hydrogens is 340 g/mol. The number of ether oxygens (including phenoxy) is 1. The molecule has 0 radical (unpaired) electrons. The Kier molecular flexibility index (Phi) is 6.12. The molecule has 26 heavy (non-hydrogen) atoms. The molecule has 1 heterocycles. The number of benzene rings is 1. The highest BCUT2D eigenvalue weighted by atomic mass is 19.3. The Morgan fingerprint density at radius 3 is 2.65 bits per heavy atom. The van der Waals surface area contributed by atoms with E-state index in [4.69, 9.17) is 4.74 Å². The molecule has 1 amide bonds. The van der Waals surface area contributed by atoms with E-state index in [9.17, 15) is 18.7 Å². The standard InChI is InChI=1S/C20H27F2NO3/c1-13-15-8-5-9-17(18(24)19(21)22)16(15)10-11-23(13)20(25)26-12-14-6-3-2-4-7-14/h2-4,6-7,13,15-19,24H,5,8-12H2,1H3/t13-,15+,16+,17+,18+/m0/s1. The van der Waals surface area contributed by atoms with Crippen LogP contribution < -0.4 is 0 Å². The van der Waals surface area contributed by atoms with Gasteiger partial charge in [0.05, 0.1) is 0 Å². The first-order chi connectivity index (χ1) is 12.5. The quantitative estimate of drug-likeness (QED) is 0.873. The number of carbonyl (C=O) groups excluding carboxylic acids is 1. The van der Waals surface area contributed by atoms with E-state index in [-0.39, 0.29) is 36.5 Å². The summed E-state index contributed by atoms with van der Waals surface area (Å²) in [6.45, 7) is 2.68. The molecular formula is C20H27F2NO3. The van der Waals surface area contributed by atoms with Crippen molar-refractivity contribution in [3.05, 3.63) is 35.9 Å². The Bertz CT molecular complexity index is 598. The van der Waals surface area contributed by atoms with Crippen molar-refractivity contribution < 1.29 is 23.4 Å². The van der Waals surface area contributed by atoms with Gasteiger partial charge in [-0.3, -0.25) is 0 Å². The van der Waals surface area contributed by atoms with Crippen LogP contribution in [0.2, 0.25) is 0 Å². The van der Waals surface area contributed by atoms with Crippen molar-refractivity contribution in [1.29, 1.82) is 0 Å². The number of nitrogens with zero attached hydrogens (tertiary/aromatic N) is 1. The maximum absolute atomic E-state index is 13.0. The highest BCUT2D eigenvalue weighted by Crippen LogP contribution is 2.45. The van der Waals surface area contributed by atoms with Crippen LogP contribution in [0, 0.1) is 17.8 Å². The number of carbonyl (C=O) groups is 1. The molecule has 1 aliphatic heterocycles. The van der Waals surface area contributed by atoms with Gasteiger partial charge in [-0.05, 0) is 49.5 Å². The third-order valence-corrected chi connectivity index (χ3v) is 6.13. The first-order valence-electron chi connectivity index (χ1n) is 9.42. The predicted octanol–water partition coefficient (Wildman–Crippen LogP) is 4.08. The van der Waals surface area contributed by atoms with E-state index in [2.05, 4.69) is 0 Å². The van der Waals surface area contributed by atoms with Gasteiger partial charge in [0.2, 0.25) is 0 Å². The van der Waals surface area contributed by atoms with Gasteiger partial charge in [0, 0.05) is 12.6 Å². The summed E-state index contributed by atoms with van der Waals surface area (Å²) in [5.41, 5.74) is 0.932. The van der Waals surface area contributed by atoms with Crippen LogP contribution in [0.4, 0.5) is 13.6 Å². The van der Waals surface area contributed by atoms with Crippen LogP contribution in [-0.2, 0) is 11.3 Å². The molecule has 2 aliphatic rings. The van der Waals surface area contributed by atoms with E-state index < -0.39 is 12.5 Å². The molecule has 1 aromatic rings. The normalized spacial score (nSPS) is 30.0. The molecule has 1 aromatic carbocycles. The molecule has 4 nitrogen and oxygen atoms in total. The van der Waals surface area contributed by atoms with Gasteiger partial charge in [-0.25, -0.2) is 13.6 Å². The van der Waals surface area contributed by atoms with E-state index in [1.807, 2.05) is 37.3 Å². The van der Waals surface area contributed by atoms with Gasteiger partial charge in [0.25, 0.3) is 6.43 Å². The second-order valence-corrected chi connectivity index (χ2v) is 7.51. The van der Waals surface area contributed by atoms with Crippen LogP contribution in [0.5, 0.6) is 0 Å². The zero-order valence-corrected chi connectivity index (χ0v) is 15.1. The van der Waals surface area contributed by atoms with Crippen molar-refractivity contribution >= 4 is 6.09 Å². The van der Waals surface area contributed by atoms with Crippen molar-refractivity contribution in [2.45, 2.75) is 57.8 Å². The van der Waals surface area contributed by atoms with Gasteiger partial charge in [-0.15, -0.1) is 0 Å². The highest BCUT2D eigenvalue weighted by molar-refractivity contribution is 5.68. The molecule has 2 fully saturated rings. The van der Waals surface area contributed by atoms with Gasteiger partial charge < -0.3 is 14.7 Å². The molecule has 1 saturated heterocycles. The third-order valence-electron chi connectivity index (χ3n) is 6.13. The monoisotopic (exact) mass is 367 g/mol. The number of aliphatic hydroxyl groups excluding tert-OH is 1. The highest BCUT2D eigenvalue weighted by Gasteiger charge is 2.46. The fourth-order valence-electron chi connectivity index (χ4n) is 4.76. The molecule has 0 unspecified atom stereocenters. The van der Waals surface area contributed by atoms with E-state index in [0.29, 0.717) is 19.4 Å². The molecule has 144 valence electrons. The number of alkyl halides is 2. The Balaban J connectivity index is 1.61. The predicted molar refractivity (Wildman–Crippen MR) is 93.7 cm³/mol. The molecule has 0 aromatic heterocycles. The summed E-state index contributed by atoms with van der Waals surface area (Å²) in [5.74, 6) is -0.195. The van der Waals surface area contributed by atoms with Crippen LogP contribution in [0.15, 0.2) is 30.3 Å². The van der Waals surface area contributed by atoms with Crippen LogP contribution in [0.25, 0.3) is 0 Å². The summed E-state index contributed by atoms with van der Waals surface area (Å²) in [6, 6.07) is 9.44. The van der Waals surface area contributed by atoms with Crippen molar-refractivity contribution in [2.75, 3.05) is 6.54 Å². The van der Waals surface area contributed by atoms with Gasteiger partial charge >= 0.3 is 6.09 Å². The van der Waals surface area contributed by atoms with Crippen molar-refractivity contribution in [3.8, 4) is 0 Å². The van der Waals surface area contributed by atoms with E-state index in [1.54, 1.807) is 4.90 Å². The van der Waals surface area contributed by atoms with Crippen molar-refractivity contribution in [1.82, 2.24) is 4.90 Å². The Labute approximate surface area is 153 Å². The minimum Gasteiger partial charge on any atom is -0.445 e. The third kappa shape index (κ3) is 4.00. The van der Waals surface area contributed by atoms with Gasteiger partial charge in [-0.2, -0.15) is 0 Å². The zero-order chi connectivity index (χ0) is 18.7. The van der Waals surface area contributed by atoms with Crippen LogP contribution in [-0.4, -0.2) is 41.2 Å². The molecule has 1 N–H and O–H groups in total. The largest absolute Gasteiger partial charge is 0.445 e. The van der Waals surface area contributed by atoms with Crippen LogP contribution in [0.1, 0.15) is 38.2 Å². The summed E-state index contributed by atoms with van der Waals surface area (Å²) in [6.07, 6.45) is -1.62. The smallest absolute Gasteiger partial charge is 0.410 e. The second kappa shape index (κ2) is 8.33. The van der Waals surface area contributed by atoms with E-state index in [0.717, 1.165) is 18.4 Å². The summed E-state index contributed by atoms with van der Waals surface area (Å²) in [7, 11) is 0. The average Bonchev–Trinajstić information content (AvgIpc) is 2.66. The number of fused-ring (bicyclic) bond motifs is 1. The lowest BCUT2D eigenvalue weighted by molar-refractivity contribution is -0.0939. The Morgan fingerprint density at radius 1 is 1.23 bits per heavy atom. The number of piperidine rings is 1. The number of likely N-dealkylation sites (tertiary alicyclic amines) is 1. The lowest BCUT2D eigenvalue weighted by atomic mass is 9.64. The van der Waals surface area contributed by atoms with Gasteiger partial charge in [0.1, 0.15) is 12.7 Å². The summed E-state index contributed by atoms with van der Waals surface area (Å²) < 4.78 is 31.4. The molecule has 1 aliphatic carbocycles. The fourth-order valence-corrected chi connectivity index (χ4v) is 4.76. The molecule has 6 heteroatoms. The molecule has 5 atom stereocenters. The Hall–Kier alpha value is -1.69. The molecule has 0 bridgehead atoms. The molecule has 1 saturated carbocycles. The lowest BCUT2D eigenvalue weighted by Crippen LogP contribution is -2.54. The maximum atomic E-state index is 13.0. The second-order valence-electron chi connectivity index (χ2n) is 7.51. The van der Waals surface area contributed by atoms with Crippen LogP contribution >= 0.6 is 0 Å². The maximum Gasteiger partial charge on any atom is 0.410 e. The van der Waals surface area contributed by atoms with E-state index >= 15 is 0 Å². The van der Waals surface area contributed by atoms with Crippen LogP contribution in [0.3, 0.4) is 0 Å². The minimum atomic E-state index is -2.71. The average molecular weight is 367 g/mol. The van der Waals surface area contributed by atoms with Gasteiger partial charge in [0.15, 0.2) is 0 Å². The number of hydrogen-bond acceptors (Lipinski definition) is 3. The Morgan fingerprint density at radius 2 is 1.96 bits per heavy atom. The topological polar surface area (TPSA) is 49.8 Å². The zero-order valence-electron chi connectivity index (χ0n) is 15.1. The molecule has 0 spiro atoms. The van der Waals surface area contributed by atoms with E-state index in [1.165, 1.54) is 0 Å². The first-order valence-corrected chi connectivity index (χ1v) is 9.42. The number of aliphatic hydroxyl groups is 1. The number of halogens is 2. The number of rotatable bonds is 4. The summed E-state index contributed by atoms with van der Waals surface area (Å²) in [5, 5.41) is 9.91. The minimum absolute atomic E-state index is 0.0425. The summed E-state index contributed by atoms with van der Waals surface area (Å²) >= 11 is 0. The fraction of sp³-hybridized carbons (Fsp3) is 0.650. The van der Waals surface area contributed by atoms with Crippen molar-refractivity contribution in [3.63, 3.8) is 0 Å². The number of amides is 1. The lowest BCUT2D eigenvalue weighted by Gasteiger charge is -2.49. The summed E-state index contributed by atoms with van der Waals surface area (Å²) in [4.78, 5) is 14.2. The SMILES string of the molecule is C[C@H]1[C@H]2CCC[C@@H]([C@@H](O)C(F)F)[C@@H]2CCN1C(=O)OCc1ccccc1. The first kappa shape index (κ1) is 19.1.